The van der Waals surface area contributed by atoms with E-state index >= 15 is 0 Å². The number of aromatic nitrogens is 1. The number of hydrogen-bond acceptors (Lipinski definition) is 1. The number of nitrogens with zero attached hydrogens (tertiary/aromatic N) is 1. The third kappa shape index (κ3) is 2.37. The summed E-state index contributed by atoms with van der Waals surface area (Å²) in [4.78, 5) is 10.9. The molecule has 88 valence electrons. The van der Waals surface area contributed by atoms with Crippen LogP contribution >= 0.6 is 0 Å². The number of carbonyl (C=O) groups excluding carboxylic acids is 1. The van der Waals surface area contributed by atoms with E-state index in [1.807, 2.05) is 6.07 Å². The molecule has 2 heteroatoms. The molecule has 0 unspecified atom stereocenters. The Balaban J connectivity index is 2.07. The molecule has 16 heavy (non-hydrogen) atoms. The van der Waals surface area contributed by atoms with E-state index < -0.39 is 0 Å². The van der Waals surface area contributed by atoms with Gasteiger partial charge in [-0.05, 0) is 31.4 Å². The molecule has 1 fully saturated rings. The predicted octanol–water partition coefficient (Wildman–Crippen LogP) is 3.44. The lowest BCUT2D eigenvalue weighted by molar-refractivity contribution is 0.111. The molecule has 1 heterocycles. The van der Waals surface area contributed by atoms with Gasteiger partial charge < -0.3 is 4.57 Å². The molecule has 0 radical (unpaired) electrons. The Labute approximate surface area is 97.7 Å². The molecule has 0 bridgehead atoms. The molecule has 0 atom stereocenters. The van der Waals surface area contributed by atoms with Gasteiger partial charge in [-0.2, -0.15) is 0 Å². The third-order valence-corrected chi connectivity index (χ3v) is 3.76. The highest BCUT2D eigenvalue weighted by Gasteiger charge is 2.16. The summed E-state index contributed by atoms with van der Waals surface area (Å²) in [5.41, 5.74) is 2.17. The van der Waals surface area contributed by atoms with Crippen molar-refractivity contribution in [2.45, 2.75) is 52.0 Å². The van der Waals surface area contributed by atoms with Gasteiger partial charge in [0, 0.05) is 12.2 Å². The van der Waals surface area contributed by atoms with Gasteiger partial charge in [-0.1, -0.05) is 32.1 Å². The molecule has 0 spiro atoms. The average molecular weight is 219 g/mol. The predicted molar refractivity (Wildman–Crippen MR) is 65.8 cm³/mol. The Kier molecular flexibility index (Phi) is 3.81. The van der Waals surface area contributed by atoms with Crippen molar-refractivity contribution >= 4 is 6.29 Å². The van der Waals surface area contributed by atoms with Gasteiger partial charge in [0.25, 0.3) is 0 Å². The van der Waals surface area contributed by atoms with Crippen LogP contribution in [0, 0.1) is 5.92 Å². The van der Waals surface area contributed by atoms with E-state index in [-0.39, 0.29) is 0 Å². The zero-order chi connectivity index (χ0) is 11.4. The Morgan fingerprint density at radius 2 is 2.06 bits per heavy atom. The minimum atomic E-state index is 0.827. The van der Waals surface area contributed by atoms with E-state index in [2.05, 4.69) is 17.6 Å². The van der Waals surface area contributed by atoms with Gasteiger partial charge in [-0.15, -0.1) is 0 Å². The Morgan fingerprint density at radius 1 is 1.31 bits per heavy atom. The van der Waals surface area contributed by atoms with E-state index in [9.17, 15) is 4.79 Å². The normalized spacial score (nSPS) is 17.6. The van der Waals surface area contributed by atoms with Gasteiger partial charge in [-0.25, -0.2) is 0 Å². The first-order valence-electron chi connectivity index (χ1n) is 6.48. The summed E-state index contributed by atoms with van der Waals surface area (Å²) in [7, 11) is 0. The fraction of sp³-hybridized carbons (Fsp3) is 0.643. The van der Waals surface area contributed by atoms with Crippen LogP contribution in [-0.2, 0) is 13.0 Å². The summed E-state index contributed by atoms with van der Waals surface area (Å²) in [6.45, 7) is 3.01. The van der Waals surface area contributed by atoms with Crippen LogP contribution in [0.25, 0.3) is 0 Å². The highest BCUT2D eigenvalue weighted by Crippen LogP contribution is 2.27. The van der Waals surface area contributed by atoms with Crippen molar-refractivity contribution in [1.29, 1.82) is 0 Å². The average Bonchev–Trinajstić information content (AvgIpc) is 2.72. The van der Waals surface area contributed by atoms with E-state index in [1.54, 1.807) is 0 Å². The van der Waals surface area contributed by atoms with Crippen molar-refractivity contribution in [3.8, 4) is 0 Å². The van der Waals surface area contributed by atoms with Crippen LogP contribution in [0.3, 0.4) is 0 Å². The molecular formula is C14H21NO. The number of hydrogen-bond donors (Lipinski definition) is 0. The summed E-state index contributed by atoms with van der Waals surface area (Å²) in [5, 5.41) is 0. The highest BCUT2D eigenvalue weighted by molar-refractivity contribution is 5.72. The molecule has 0 saturated heterocycles. The van der Waals surface area contributed by atoms with Crippen LogP contribution in [0.4, 0.5) is 0 Å². The molecule has 1 aliphatic rings. The zero-order valence-corrected chi connectivity index (χ0v) is 10.1. The van der Waals surface area contributed by atoms with E-state index in [0.29, 0.717) is 0 Å². The number of aldehydes is 1. The van der Waals surface area contributed by atoms with Crippen LogP contribution in [0.1, 0.15) is 55.2 Å². The monoisotopic (exact) mass is 219 g/mol. The lowest BCUT2D eigenvalue weighted by Gasteiger charge is -2.22. The van der Waals surface area contributed by atoms with Crippen molar-refractivity contribution in [2.75, 3.05) is 0 Å². The second-order valence-electron chi connectivity index (χ2n) is 4.82. The van der Waals surface area contributed by atoms with Crippen molar-refractivity contribution < 1.29 is 4.79 Å². The summed E-state index contributed by atoms with van der Waals surface area (Å²) in [5.74, 6) is 0.841. The fourth-order valence-electron chi connectivity index (χ4n) is 2.88. The summed E-state index contributed by atoms with van der Waals surface area (Å²) in [6, 6.07) is 4.08. The lowest BCUT2D eigenvalue weighted by Crippen LogP contribution is -2.13. The second-order valence-corrected chi connectivity index (χ2v) is 4.82. The van der Waals surface area contributed by atoms with Gasteiger partial charge in [0.05, 0.1) is 5.69 Å². The molecular weight excluding hydrogens is 198 g/mol. The van der Waals surface area contributed by atoms with E-state index in [0.717, 1.165) is 30.9 Å². The SMILES string of the molecule is CCn1c(C=O)ccc1CC1CCCCC1. The maximum absolute atomic E-state index is 10.9. The molecule has 1 aliphatic carbocycles. The molecule has 1 aromatic heterocycles. The molecule has 2 rings (SSSR count). The van der Waals surface area contributed by atoms with Crippen molar-refractivity contribution in [2.24, 2.45) is 5.92 Å². The van der Waals surface area contributed by atoms with Crippen LogP contribution in [-0.4, -0.2) is 10.9 Å². The summed E-state index contributed by atoms with van der Waals surface area (Å²) in [6.07, 6.45) is 9.03. The fourth-order valence-corrected chi connectivity index (χ4v) is 2.88. The van der Waals surface area contributed by atoms with Crippen LogP contribution in [0.15, 0.2) is 12.1 Å². The summed E-state index contributed by atoms with van der Waals surface area (Å²) >= 11 is 0. The van der Waals surface area contributed by atoms with Gasteiger partial charge in [-0.3, -0.25) is 4.79 Å². The third-order valence-electron chi connectivity index (χ3n) is 3.76. The minimum absolute atomic E-state index is 0.827. The molecule has 1 saturated carbocycles. The van der Waals surface area contributed by atoms with Gasteiger partial charge in [0.1, 0.15) is 0 Å². The Morgan fingerprint density at radius 3 is 2.69 bits per heavy atom. The first kappa shape index (κ1) is 11.4. The molecule has 0 aromatic carbocycles. The van der Waals surface area contributed by atoms with Gasteiger partial charge in [0.2, 0.25) is 0 Å². The van der Waals surface area contributed by atoms with Crippen molar-refractivity contribution in [3.05, 3.63) is 23.5 Å². The second kappa shape index (κ2) is 5.33. The van der Waals surface area contributed by atoms with Crippen LogP contribution < -0.4 is 0 Å². The zero-order valence-electron chi connectivity index (χ0n) is 10.1. The number of carbonyl (C=O) groups is 1. The lowest BCUT2D eigenvalue weighted by atomic mass is 9.86. The van der Waals surface area contributed by atoms with Gasteiger partial charge in [0.15, 0.2) is 6.29 Å². The topological polar surface area (TPSA) is 22.0 Å². The largest absolute Gasteiger partial charge is 0.343 e. The maximum atomic E-state index is 10.9. The van der Waals surface area contributed by atoms with Crippen LogP contribution in [0.2, 0.25) is 0 Å². The summed E-state index contributed by atoms with van der Waals surface area (Å²) < 4.78 is 2.15. The maximum Gasteiger partial charge on any atom is 0.166 e. The smallest absolute Gasteiger partial charge is 0.166 e. The van der Waals surface area contributed by atoms with Crippen molar-refractivity contribution in [3.63, 3.8) is 0 Å². The molecule has 0 aliphatic heterocycles. The minimum Gasteiger partial charge on any atom is -0.343 e. The molecule has 0 amide bonds. The van der Waals surface area contributed by atoms with Gasteiger partial charge >= 0.3 is 0 Å². The van der Waals surface area contributed by atoms with E-state index in [4.69, 9.17) is 0 Å². The number of rotatable bonds is 4. The first-order chi connectivity index (χ1) is 7.85. The van der Waals surface area contributed by atoms with Crippen LogP contribution in [0.5, 0.6) is 0 Å². The Hall–Kier alpha value is -1.05. The standard InChI is InChI=1S/C14H21NO/c1-2-15-13(8-9-14(15)11-16)10-12-6-4-3-5-7-12/h8-9,11-12H,2-7,10H2,1H3. The molecule has 1 aromatic rings. The quantitative estimate of drug-likeness (QED) is 0.711. The highest BCUT2D eigenvalue weighted by atomic mass is 16.1. The first-order valence-corrected chi connectivity index (χ1v) is 6.48. The molecule has 0 N–H and O–H groups in total. The van der Waals surface area contributed by atoms with Crippen molar-refractivity contribution in [1.82, 2.24) is 4.57 Å². The molecule has 2 nitrogen and oxygen atoms in total. The Bertz CT molecular complexity index is 348. The van der Waals surface area contributed by atoms with E-state index in [1.165, 1.54) is 37.8 Å².